The Kier molecular flexibility index (Phi) is 43.3. The minimum atomic E-state index is -4.43. The van der Waals surface area contributed by atoms with Gasteiger partial charge in [0.25, 0.3) is 0 Å². The highest BCUT2D eigenvalue weighted by Crippen LogP contribution is 2.43. The maximum absolute atomic E-state index is 13.4. The number of nitrogens with one attached hydrogen (secondary N) is 1. The number of carbonyl (C=O) groups is 2. The topological polar surface area (TPSA) is 111 Å². The molecule has 0 fully saturated rings. The highest BCUT2D eigenvalue weighted by molar-refractivity contribution is 7.47. The van der Waals surface area contributed by atoms with Crippen LogP contribution in [0.2, 0.25) is 0 Å². The van der Waals surface area contributed by atoms with Gasteiger partial charge in [0.1, 0.15) is 19.3 Å². The van der Waals surface area contributed by atoms with Crippen LogP contribution >= 0.6 is 7.82 Å². The van der Waals surface area contributed by atoms with Crippen LogP contribution in [0.1, 0.15) is 252 Å². The lowest BCUT2D eigenvalue weighted by molar-refractivity contribution is -0.870. The first-order valence-electron chi connectivity index (χ1n) is 26.7. The lowest BCUT2D eigenvalue weighted by Gasteiger charge is -2.27. The number of ether oxygens (including phenoxy) is 1. The molecule has 0 rings (SSSR count). The third-order valence-corrected chi connectivity index (χ3v) is 12.9. The summed E-state index contributed by atoms with van der Waals surface area (Å²) >= 11 is 0. The van der Waals surface area contributed by atoms with Crippen LogP contribution in [0.15, 0.2) is 24.3 Å². The maximum Gasteiger partial charge on any atom is 0.472 e. The van der Waals surface area contributed by atoms with Crippen molar-refractivity contribution in [1.82, 2.24) is 5.32 Å². The molecule has 0 radical (unpaired) electrons. The molecule has 63 heavy (non-hydrogen) atoms. The molecule has 0 aliphatic rings. The smallest absolute Gasteiger partial charge is 0.456 e. The van der Waals surface area contributed by atoms with Gasteiger partial charge in [0.15, 0.2) is 0 Å². The third-order valence-electron chi connectivity index (χ3n) is 11.9. The van der Waals surface area contributed by atoms with E-state index < -0.39 is 20.0 Å². The summed E-state index contributed by atoms with van der Waals surface area (Å²) < 4.78 is 30.5. The van der Waals surface area contributed by atoms with Crippen molar-refractivity contribution in [3.8, 4) is 0 Å². The summed E-state index contributed by atoms with van der Waals surface area (Å²) in [5.74, 6) is -0.517. The molecule has 0 saturated carbocycles. The van der Waals surface area contributed by atoms with Crippen molar-refractivity contribution in [2.45, 2.75) is 264 Å². The minimum Gasteiger partial charge on any atom is -0.456 e. The Morgan fingerprint density at radius 3 is 1.37 bits per heavy atom. The summed E-state index contributed by atoms with van der Waals surface area (Å²) in [5, 5.41) is 3.03. The molecule has 0 aromatic rings. The first-order valence-corrected chi connectivity index (χ1v) is 28.2. The standard InChI is InChI=1S/C53H103N2O7P/c1-7-10-13-16-19-22-25-27-28-31-34-37-40-43-46-53(57)62-51(44-41-38-35-32-30-26-23-20-17-14-11-8-2)50(49-61-63(58,59)60-48-47-55(4,5)6)54-52(56)45-42-39-36-33-29-24-21-18-15-12-9-3/h28,31,41,44,50-51H,7-27,29-30,32-40,42-43,45-49H2,1-6H3,(H-,54,56,58,59)/p+1/b31-28-,44-41+. The number of rotatable bonds is 48. The lowest BCUT2D eigenvalue weighted by atomic mass is 10.0. The van der Waals surface area contributed by atoms with E-state index in [1.165, 1.54) is 148 Å². The van der Waals surface area contributed by atoms with Crippen molar-refractivity contribution in [2.24, 2.45) is 0 Å². The molecule has 3 unspecified atom stereocenters. The Hall–Kier alpha value is -1.51. The number of esters is 1. The molecular formula is C53H104N2O7P+. The highest BCUT2D eigenvalue weighted by atomic mass is 31.2. The van der Waals surface area contributed by atoms with Gasteiger partial charge in [-0.1, -0.05) is 206 Å². The number of allylic oxidation sites excluding steroid dienone is 3. The third kappa shape index (κ3) is 45.4. The van der Waals surface area contributed by atoms with Crippen molar-refractivity contribution in [2.75, 3.05) is 40.9 Å². The second kappa shape index (κ2) is 44.3. The predicted octanol–water partition coefficient (Wildman–Crippen LogP) is 15.4. The van der Waals surface area contributed by atoms with Crippen molar-refractivity contribution >= 4 is 19.7 Å². The summed E-state index contributed by atoms with van der Waals surface area (Å²) in [4.78, 5) is 37.4. The number of phosphoric acid groups is 1. The van der Waals surface area contributed by atoms with E-state index in [1.54, 1.807) is 0 Å². The molecule has 372 valence electrons. The molecule has 0 aromatic carbocycles. The number of amides is 1. The Morgan fingerprint density at radius 2 is 0.921 bits per heavy atom. The molecule has 0 spiro atoms. The van der Waals surface area contributed by atoms with Crippen molar-refractivity contribution in [3.05, 3.63) is 24.3 Å². The monoisotopic (exact) mass is 912 g/mol. The maximum atomic E-state index is 13.4. The molecule has 3 atom stereocenters. The lowest BCUT2D eigenvalue weighted by Crippen LogP contribution is -2.47. The van der Waals surface area contributed by atoms with E-state index in [1.807, 2.05) is 33.3 Å². The summed E-state index contributed by atoms with van der Waals surface area (Å²) in [6.45, 7) is 6.99. The zero-order valence-electron chi connectivity index (χ0n) is 42.3. The Balaban J connectivity index is 5.43. The molecule has 0 aliphatic heterocycles. The predicted molar refractivity (Wildman–Crippen MR) is 268 cm³/mol. The molecule has 0 bridgehead atoms. The average molecular weight is 912 g/mol. The second-order valence-electron chi connectivity index (χ2n) is 19.4. The van der Waals surface area contributed by atoms with Crippen LogP contribution in [0.25, 0.3) is 0 Å². The molecular weight excluding hydrogens is 808 g/mol. The number of hydrogen-bond acceptors (Lipinski definition) is 6. The first kappa shape index (κ1) is 61.5. The second-order valence-corrected chi connectivity index (χ2v) is 20.9. The van der Waals surface area contributed by atoms with Gasteiger partial charge in [0.2, 0.25) is 5.91 Å². The van der Waals surface area contributed by atoms with Crippen molar-refractivity contribution in [1.29, 1.82) is 0 Å². The fourth-order valence-corrected chi connectivity index (χ4v) is 8.43. The molecule has 0 saturated heterocycles. The van der Waals surface area contributed by atoms with Crippen LogP contribution in [-0.2, 0) is 27.9 Å². The van der Waals surface area contributed by atoms with Gasteiger partial charge in [0.05, 0.1) is 33.8 Å². The Bertz CT molecular complexity index is 1140. The number of quaternary nitrogens is 1. The van der Waals surface area contributed by atoms with Gasteiger partial charge in [-0.3, -0.25) is 18.6 Å². The van der Waals surface area contributed by atoms with Crippen LogP contribution < -0.4 is 5.32 Å². The van der Waals surface area contributed by atoms with Gasteiger partial charge in [0, 0.05) is 12.8 Å². The summed E-state index contributed by atoms with van der Waals surface area (Å²) in [6.07, 6.45) is 48.8. The van der Waals surface area contributed by atoms with Crippen molar-refractivity contribution in [3.63, 3.8) is 0 Å². The van der Waals surface area contributed by atoms with Crippen molar-refractivity contribution < 1.29 is 37.3 Å². The van der Waals surface area contributed by atoms with E-state index in [-0.39, 0.29) is 31.5 Å². The zero-order chi connectivity index (χ0) is 46.5. The van der Waals surface area contributed by atoms with E-state index in [9.17, 15) is 19.0 Å². The Morgan fingerprint density at radius 1 is 0.540 bits per heavy atom. The molecule has 9 nitrogen and oxygen atoms in total. The largest absolute Gasteiger partial charge is 0.472 e. The molecule has 2 N–H and O–H groups in total. The van der Waals surface area contributed by atoms with Gasteiger partial charge >= 0.3 is 13.8 Å². The van der Waals surface area contributed by atoms with Crippen LogP contribution in [-0.4, -0.2) is 74.3 Å². The van der Waals surface area contributed by atoms with E-state index in [0.717, 1.165) is 70.6 Å². The highest BCUT2D eigenvalue weighted by Gasteiger charge is 2.30. The quantitative estimate of drug-likeness (QED) is 0.0206. The normalized spacial score (nSPS) is 14.1. The molecule has 0 heterocycles. The SMILES string of the molecule is CCCCCCCCC/C=C\CCCCCC(=O)OC(/C=C/CCCCCCCCCCCC)C(COP(=O)(O)OCC[N+](C)(C)C)NC(=O)CCCCCCCCCCCCC. The number of carbonyl (C=O) groups excluding carboxylic acids is 2. The van der Waals surface area contributed by atoms with E-state index in [4.69, 9.17) is 13.8 Å². The van der Waals surface area contributed by atoms with Crippen LogP contribution in [0.4, 0.5) is 0 Å². The molecule has 0 aromatic heterocycles. The van der Waals surface area contributed by atoms with Crippen LogP contribution in [0.5, 0.6) is 0 Å². The van der Waals surface area contributed by atoms with Gasteiger partial charge in [-0.2, -0.15) is 0 Å². The molecule has 1 amide bonds. The minimum absolute atomic E-state index is 0.0410. The number of likely N-dealkylation sites (N-methyl/N-ethyl adjacent to an activating group) is 1. The van der Waals surface area contributed by atoms with E-state index in [0.29, 0.717) is 17.4 Å². The Labute approximate surface area is 390 Å². The summed E-state index contributed by atoms with van der Waals surface area (Å²) in [5.41, 5.74) is 0. The van der Waals surface area contributed by atoms with E-state index >= 15 is 0 Å². The van der Waals surface area contributed by atoms with Crippen LogP contribution in [0, 0.1) is 0 Å². The number of hydrogen-bond donors (Lipinski definition) is 2. The average Bonchev–Trinajstić information content (AvgIpc) is 3.23. The number of unbranched alkanes of at least 4 members (excludes halogenated alkanes) is 30. The number of phosphoric ester groups is 1. The first-order chi connectivity index (χ1) is 30.4. The van der Waals surface area contributed by atoms with Gasteiger partial charge in [-0.05, 0) is 57.4 Å². The van der Waals surface area contributed by atoms with E-state index in [2.05, 4.69) is 38.2 Å². The fourth-order valence-electron chi connectivity index (χ4n) is 7.70. The van der Waals surface area contributed by atoms with Crippen LogP contribution in [0.3, 0.4) is 0 Å². The molecule has 0 aliphatic carbocycles. The van der Waals surface area contributed by atoms with Gasteiger partial charge < -0.3 is 19.4 Å². The van der Waals surface area contributed by atoms with Gasteiger partial charge in [-0.15, -0.1) is 0 Å². The van der Waals surface area contributed by atoms with Gasteiger partial charge in [-0.25, -0.2) is 4.57 Å². The zero-order valence-corrected chi connectivity index (χ0v) is 43.2. The fraction of sp³-hybridized carbons (Fsp3) is 0.887. The summed E-state index contributed by atoms with van der Waals surface area (Å²) in [6, 6.07) is -0.845. The molecule has 10 heteroatoms. The summed E-state index contributed by atoms with van der Waals surface area (Å²) in [7, 11) is 1.50. The number of nitrogens with zero attached hydrogens (tertiary/aromatic N) is 1.